The Morgan fingerprint density at radius 1 is 1.56 bits per heavy atom. The number of carbonyl (C=O) groups excluding carboxylic acids is 1. The van der Waals surface area contributed by atoms with Gasteiger partial charge in [-0.2, -0.15) is 5.10 Å². The summed E-state index contributed by atoms with van der Waals surface area (Å²) in [5, 5.41) is 7.71. The second-order valence-electron chi connectivity index (χ2n) is 4.45. The lowest BCUT2D eigenvalue weighted by molar-refractivity contribution is -0.123. The molecule has 0 bridgehead atoms. The standard InChI is InChI=1S/C11H18ClN3O/c1-7-8(10(12)15(5)14-7)6-9(16)11(2,3)13-4/h13H,6H2,1-5H3. The summed E-state index contributed by atoms with van der Waals surface area (Å²) in [6.45, 7) is 5.57. The third-order valence-electron chi connectivity index (χ3n) is 2.93. The fraction of sp³-hybridized carbons (Fsp3) is 0.636. The maximum atomic E-state index is 12.0. The molecule has 0 fully saturated rings. The molecule has 1 rings (SSSR count). The van der Waals surface area contributed by atoms with Crippen molar-refractivity contribution in [2.75, 3.05) is 7.05 Å². The van der Waals surface area contributed by atoms with Crippen molar-refractivity contribution < 1.29 is 4.79 Å². The largest absolute Gasteiger partial charge is 0.308 e. The lowest BCUT2D eigenvalue weighted by Crippen LogP contribution is -2.45. The summed E-state index contributed by atoms with van der Waals surface area (Å²) in [6, 6.07) is 0. The van der Waals surface area contributed by atoms with Gasteiger partial charge in [-0.15, -0.1) is 0 Å². The van der Waals surface area contributed by atoms with E-state index in [0.717, 1.165) is 11.3 Å². The maximum Gasteiger partial charge on any atom is 0.156 e. The number of aromatic nitrogens is 2. The van der Waals surface area contributed by atoms with E-state index in [4.69, 9.17) is 11.6 Å². The monoisotopic (exact) mass is 243 g/mol. The molecule has 0 aliphatic carbocycles. The molecular weight excluding hydrogens is 226 g/mol. The molecule has 0 aliphatic rings. The molecule has 0 atom stereocenters. The molecule has 90 valence electrons. The van der Waals surface area contributed by atoms with Gasteiger partial charge < -0.3 is 5.32 Å². The van der Waals surface area contributed by atoms with E-state index in [2.05, 4.69) is 10.4 Å². The highest BCUT2D eigenvalue weighted by molar-refractivity contribution is 6.30. The first-order valence-electron chi connectivity index (χ1n) is 5.19. The molecule has 0 radical (unpaired) electrons. The molecule has 0 spiro atoms. The number of halogens is 1. The SMILES string of the molecule is CNC(C)(C)C(=O)Cc1c(C)nn(C)c1Cl. The minimum Gasteiger partial charge on any atom is -0.308 e. The predicted molar refractivity (Wildman–Crippen MR) is 64.8 cm³/mol. The molecule has 0 aromatic carbocycles. The van der Waals surface area contributed by atoms with Gasteiger partial charge in [-0.1, -0.05) is 11.6 Å². The number of nitrogens with one attached hydrogen (secondary N) is 1. The van der Waals surface area contributed by atoms with Crippen molar-refractivity contribution in [1.82, 2.24) is 15.1 Å². The highest BCUT2D eigenvalue weighted by Gasteiger charge is 2.27. The van der Waals surface area contributed by atoms with E-state index in [1.165, 1.54) is 0 Å². The number of Topliss-reactive ketones (excluding diaryl/α,β-unsaturated/α-hetero) is 1. The van der Waals surface area contributed by atoms with E-state index in [0.29, 0.717) is 11.6 Å². The Hall–Kier alpha value is -0.870. The average molecular weight is 244 g/mol. The maximum absolute atomic E-state index is 12.0. The minimum atomic E-state index is -0.536. The van der Waals surface area contributed by atoms with E-state index in [-0.39, 0.29) is 5.78 Å². The number of aryl methyl sites for hydroxylation is 2. The van der Waals surface area contributed by atoms with Crippen molar-refractivity contribution in [2.45, 2.75) is 32.7 Å². The highest BCUT2D eigenvalue weighted by atomic mass is 35.5. The van der Waals surface area contributed by atoms with Gasteiger partial charge in [-0.05, 0) is 27.8 Å². The topological polar surface area (TPSA) is 46.9 Å². The second-order valence-corrected chi connectivity index (χ2v) is 4.81. The third-order valence-corrected chi connectivity index (χ3v) is 3.40. The molecule has 0 saturated carbocycles. The highest BCUT2D eigenvalue weighted by Crippen LogP contribution is 2.21. The van der Waals surface area contributed by atoms with Gasteiger partial charge in [0.1, 0.15) is 5.15 Å². The smallest absolute Gasteiger partial charge is 0.156 e. The van der Waals surface area contributed by atoms with E-state index in [1.807, 2.05) is 20.8 Å². The molecule has 1 N–H and O–H groups in total. The summed E-state index contributed by atoms with van der Waals surface area (Å²) in [7, 11) is 3.54. The number of likely N-dealkylation sites (N-methyl/N-ethyl adjacent to an activating group) is 1. The van der Waals surface area contributed by atoms with Crippen LogP contribution in [-0.2, 0) is 18.3 Å². The summed E-state index contributed by atoms with van der Waals surface area (Å²) in [5.74, 6) is 0.105. The fourth-order valence-electron chi connectivity index (χ4n) is 1.40. The summed E-state index contributed by atoms with van der Waals surface area (Å²) in [5.41, 5.74) is 1.09. The number of hydrogen-bond donors (Lipinski definition) is 1. The molecule has 16 heavy (non-hydrogen) atoms. The van der Waals surface area contributed by atoms with Crippen LogP contribution in [0.1, 0.15) is 25.1 Å². The summed E-state index contributed by atoms with van der Waals surface area (Å²) in [4.78, 5) is 12.0. The predicted octanol–water partition coefficient (Wildman–Crippen LogP) is 1.49. The lowest BCUT2D eigenvalue weighted by atomic mass is 9.94. The fourth-order valence-corrected chi connectivity index (χ4v) is 1.64. The van der Waals surface area contributed by atoms with Gasteiger partial charge >= 0.3 is 0 Å². The summed E-state index contributed by atoms with van der Waals surface area (Å²) in [6.07, 6.45) is 0.312. The van der Waals surface area contributed by atoms with Gasteiger partial charge in [0.15, 0.2) is 5.78 Å². The quantitative estimate of drug-likeness (QED) is 0.872. The Bertz CT molecular complexity index is 410. The first kappa shape index (κ1) is 13.2. The van der Waals surface area contributed by atoms with Crippen LogP contribution >= 0.6 is 11.6 Å². The Kier molecular flexibility index (Phi) is 3.76. The van der Waals surface area contributed by atoms with Crippen LogP contribution in [0.4, 0.5) is 0 Å². The lowest BCUT2D eigenvalue weighted by Gasteiger charge is -2.22. The normalized spacial score (nSPS) is 11.9. The molecule has 0 saturated heterocycles. The van der Waals surface area contributed by atoms with Gasteiger partial charge in [0, 0.05) is 19.0 Å². The Balaban J connectivity index is 2.94. The van der Waals surface area contributed by atoms with Crippen molar-refractivity contribution in [3.8, 4) is 0 Å². The van der Waals surface area contributed by atoms with Crippen LogP contribution in [0.3, 0.4) is 0 Å². The number of ketones is 1. The Labute approximate surface area is 101 Å². The number of carbonyl (C=O) groups is 1. The van der Waals surface area contributed by atoms with Crippen molar-refractivity contribution in [1.29, 1.82) is 0 Å². The van der Waals surface area contributed by atoms with Gasteiger partial charge in [-0.25, -0.2) is 0 Å². The average Bonchev–Trinajstić information content (AvgIpc) is 2.45. The zero-order valence-electron chi connectivity index (χ0n) is 10.4. The number of nitrogens with zero attached hydrogens (tertiary/aromatic N) is 2. The molecule has 1 aromatic rings. The van der Waals surface area contributed by atoms with Crippen LogP contribution < -0.4 is 5.32 Å². The van der Waals surface area contributed by atoms with E-state index in [9.17, 15) is 4.79 Å². The van der Waals surface area contributed by atoms with Crippen LogP contribution in [-0.4, -0.2) is 28.2 Å². The summed E-state index contributed by atoms with van der Waals surface area (Å²) < 4.78 is 1.59. The van der Waals surface area contributed by atoms with E-state index >= 15 is 0 Å². The number of hydrogen-bond acceptors (Lipinski definition) is 3. The molecular formula is C11H18ClN3O. The third kappa shape index (κ3) is 2.44. The second kappa shape index (κ2) is 4.55. The molecule has 0 unspecified atom stereocenters. The zero-order chi connectivity index (χ0) is 12.5. The first-order valence-corrected chi connectivity index (χ1v) is 5.57. The molecule has 0 amide bonds. The van der Waals surface area contributed by atoms with Crippen LogP contribution in [0.5, 0.6) is 0 Å². The van der Waals surface area contributed by atoms with Gasteiger partial charge in [0.25, 0.3) is 0 Å². The van der Waals surface area contributed by atoms with Crippen molar-refractivity contribution in [3.05, 3.63) is 16.4 Å². The molecule has 5 heteroatoms. The van der Waals surface area contributed by atoms with Gasteiger partial charge in [0.05, 0.1) is 11.2 Å². The van der Waals surface area contributed by atoms with Gasteiger partial charge in [-0.3, -0.25) is 9.48 Å². The molecule has 0 aliphatic heterocycles. The van der Waals surface area contributed by atoms with Crippen molar-refractivity contribution >= 4 is 17.4 Å². The van der Waals surface area contributed by atoms with E-state index < -0.39 is 5.54 Å². The molecule has 4 nitrogen and oxygen atoms in total. The first-order chi connectivity index (χ1) is 7.29. The zero-order valence-corrected chi connectivity index (χ0v) is 11.1. The number of rotatable bonds is 4. The minimum absolute atomic E-state index is 0.105. The summed E-state index contributed by atoms with van der Waals surface area (Å²) >= 11 is 6.08. The van der Waals surface area contributed by atoms with Crippen molar-refractivity contribution in [2.24, 2.45) is 7.05 Å². The van der Waals surface area contributed by atoms with E-state index in [1.54, 1.807) is 18.8 Å². The molecule has 1 heterocycles. The van der Waals surface area contributed by atoms with Crippen LogP contribution in [0, 0.1) is 6.92 Å². The Morgan fingerprint density at radius 2 is 2.12 bits per heavy atom. The van der Waals surface area contributed by atoms with Crippen LogP contribution in [0.15, 0.2) is 0 Å². The van der Waals surface area contributed by atoms with Gasteiger partial charge in [0.2, 0.25) is 0 Å². The van der Waals surface area contributed by atoms with Crippen molar-refractivity contribution in [3.63, 3.8) is 0 Å². The molecule has 1 aromatic heterocycles. The van der Waals surface area contributed by atoms with Crippen LogP contribution in [0.2, 0.25) is 5.15 Å². The van der Waals surface area contributed by atoms with Crippen LogP contribution in [0.25, 0.3) is 0 Å². The Morgan fingerprint density at radius 3 is 2.50 bits per heavy atom.